The van der Waals surface area contributed by atoms with Gasteiger partial charge in [-0.05, 0) is 38.9 Å². The number of hydrogen-bond donors (Lipinski definition) is 1. The molecule has 0 aliphatic heterocycles. The molecule has 1 aromatic carbocycles. The number of carbonyl (C=O) groups excluding carboxylic acids is 1. The molecule has 0 aromatic heterocycles. The van der Waals surface area contributed by atoms with Crippen molar-refractivity contribution in [3.63, 3.8) is 0 Å². The minimum atomic E-state index is -0.943. The van der Waals surface area contributed by atoms with Crippen molar-refractivity contribution in [1.82, 2.24) is 10.2 Å². The number of benzene rings is 1. The third-order valence-electron chi connectivity index (χ3n) is 4.28. The number of hydrogen-bond acceptors (Lipinski definition) is 3. The fourth-order valence-electron chi connectivity index (χ4n) is 1.93. The van der Waals surface area contributed by atoms with E-state index in [1.807, 2.05) is 13.8 Å². The molecule has 1 aromatic rings. The highest BCUT2D eigenvalue weighted by molar-refractivity contribution is 6.31. The van der Waals surface area contributed by atoms with Gasteiger partial charge in [0.25, 0.3) is 0 Å². The number of nitrogens with one attached hydrogen (secondary N) is 1. The number of nitrogens with zero attached hydrogens (tertiary/aromatic N) is 2. The zero-order chi connectivity index (χ0) is 17.8. The lowest BCUT2D eigenvalue weighted by atomic mass is 9.90. The van der Waals surface area contributed by atoms with Crippen LogP contribution >= 0.6 is 11.6 Å². The van der Waals surface area contributed by atoms with Crippen molar-refractivity contribution in [2.45, 2.75) is 45.8 Å². The summed E-state index contributed by atoms with van der Waals surface area (Å²) in [6.45, 7) is 7.34. The van der Waals surface area contributed by atoms with Crippen molar-refractivity contribution in [3.05, 3.63) is 34.6 Å². The van der Waals surface area contributed by atoms with E-state index in [1.165, 1.54) is 12.1 Å². The molecule has 0 saturated heterocycles. The average molecular weight is 340 g/mol. The summed E-state index contributed by atoms with van der Waals surface area (Å²) in [6, 6.07) is 6.10. The average Bonchev–Trinajstić information content (AvgIpc) is 2.49. The van der Waals surface area contributed by atoms with Gasteiger partial charge in [0.2, 0.25) is 5.91 Å². The van der Waals surface area contributed by atoms with E-state index in [0.717, 1.165) is 0 Å². The summed E-state index contributed by atoms with van der Waals surface area (Å²) in [6.07, 6.45) is 0. The third-order valence-corrected chi connectivity index (χ3v) is 4.63. The summed E-state index contributed by atoms with van der Waals surface area (Å²) in [5.74, 6) is -0.714. The van der Waals surface area contributed by atoms with Gasteiger partial charge >= 0.3 is 0 Å². The third kappa shape index (κ3) is 4.66. The van der Waals surface area contributed by atoms with Crippen LogP contribution in [0.5, 0.6) is 0 Å². The van der Waals surface area contributed by atoms with Crippen LogP contribution in [-0.2, 0) is 11.3 Å². The second-order valence-electron chi connectivity index (χ2n) is 6.25. The van der Waals surface area contributed by atoms with Gasteiger partial charge in [0.15, 0.2) is 0 Å². The number of amides is 1. The standard InChI is InChI=1S/C17H23ClFN3O/c1-11(2)17(4,10-20)21-16(23)12(3)22(5)9-13-14(18)7-6-8-15(13)19/h6-8,11-12H,9H2,1-5H3,(H,21,23)/t12-,17-/m1/s1. The van der Waals surface area contributed by atoms with Gasteiger partial charge in [0.1, 0.15) is 11.4 Å². The molecule has 0 unspecified atom stereocenters. The molecule has 0 fully saturated rings. The predicted octanol–water partition coefficient (Wildman–Crippen LogP) is 3.35. The van der Waals surface area contributed by atoms with Gasteiger partial charge in [0.05, 0.1) is 12.1 Å². The second kappa shape index (κ2) is 7.76. The van der Waals surface area contributed by atoms with Gasteiger partial charge in [-0.3, -0.25) is 9.69 Å². The number of rotatable bonds is 6. The lowest BCUT2D eigenvalue weighted by molar-refractivity contribution is -0.127. The largest absolute Gasteiger partial charge is 0.336 e. The quantitative estimate of drug-likeness (QED) is 0.864. The van der Waals surface area contributed by atoms with E-state index in [1.54, 1.807) is 31.9 Å². The molecular weight excluding hydrogens is 317 g/mol. The van der Waals surface area contributed by atoms with E-state index in [4.69, 9.17) is 11.6 Å². The molecule has 0 saturated carbocycles. The topological polar surface area (TPSA) is 56.1 Å². The van der Waals surface area contributed by atoms with Crippen LogP contribution in [-0.4, -0.2) is 29.4 Å². The molecular formula is C17H23ClFN3O. The smallest absolute Gasteiger partial charge is 0.238 e. The van der Waals surface area contributed by atoms with E-state index in [-0.39, 0.29) is 18.4 Å². The first kappa shape index (κ1) is 19.4. The Morgan fingerprint density at radius 1 is 1.48 bits per heavy atom. The summed E-state index contributed by atoms with van der Waals surface area (Å²) in [5, 5.41) is 12.4. The van der Waals surface area contributed by atoms with Gasteiger partial charge in [-0.2, -0.15) is 5.26 Å². The fourth-order valence-corrected chi connectivity index (χ4v) is 2.15. The van der Waals surface area contributed by atoms with Gasteiger partial charge in [0, 0.05) is 17.1 Å². The second-order valence-corrected chi connectivity index (χ2v) is 6.66. The lowest BCUT2D eigenvalue weighted by Crippen LogP contribution is -2.54. The Labute approximate surface area is 142 Å². The maximum Gasteiger partial charge on any atom is 0.238 e. The highest BCUT2D eigenvalue weighted by atomic mass is 35.5. The zero-order valence-corrected chi connectivity index (χ0v) is 14.9. The number of likely N-dealkylation sites (N-methyl/N-ethyl adjacent to an activating group) is 1. The van der Waals surface area contributed by atoms with Crippen molar-refractivity contribution >= 4 is 17.5 Å². The van der Waals surface area contributed by atoms with Crippen LogP contribution in [0.25, 0.3) is 0 Å². The number of nitriles is 1. The summed E-state index contributed by atoms with van der Waals surface area (Å²) in [5.41, 5.74) is -0.592. The summed E-state index contributed by atoms with van der Waals surface area (Å²) >= 11 is 6.02. The molecule has 126 valence electrons. The number of carbonyl (C=O) groups is 1. The first-order valence-electron chi connectivity index (χ1n) is 7.48. The molecule has 0 aliphatic rings. The van der Waals surface area contributed by atoms with Crippen LogP contribution in [0, 0.1) is 23.1 Å². The fraction of sp³-hybridized carbons (Fsp3) is 0.529. The lowest BCUT2D eigenvalue weighted by Gasteiger charge is -2.31. The van der Waals surface area contributed by atoms with Gasteiger partial charge in [-0.25, -0.2) is 4.39 Å². The first-order valence-corrected chi connectivity index (χ1v) is 7.86. The van der Waals surface area contributed by atoms with Crippen molar-refractivity contribution < 1.29 is 9.18 Å². The van der Waals surface area contributed by atoms with E-state index in [9.17, 15) is 14.4 Å². The Kier molecular flexibility index (Phi) is 6.55. The van der Waals surface area contributed by atoms with Crippen molar-refractivity contribution in [1.29, 1.82) is 5.26 Å². The molecule has 0 radical (unpaired) electrons. The van der Waals surface area contributed by atoms with Gasteiger partial charge in [-0.15, -0.1) is 0 Å². The molecule has 1 amide bonds. The van der Waals surface area contributed by atoms with Crippen LogP contribution in [0.4, 0.5) is 4.39 Å². The molecule has 23 heavy (non-hydrogen) atoms. The van der Waals surface area contributed by atoms with E-state index in [2.05, 4.69) is 11.4 Å². The van der Waals surface area contributed by atoms with Crippen LogP contribution in [0.3, 0.4) is 0 Å². The Hall–Kier alpha value is -1.64. The van der Waals surface area contributed by atoms with Crippen LogP contribution in [0.2, 0.25) is 5.02 Å². The Morgan fingerprint density at radius 3 is 2.57 bits per heavy atom. The molecule has 4 nitrogen and oxygen atoms in total. The highest BCUT2D eigenvalue weighted by Gasteiger charge is 2.32. The molecule has 0 heterocycles. The summed E-state index contributed by atoms with van der Waals surface area (Å²) in [7, 11) is 1.71. The van der Waals surface area contributed by atoms with Crippen molar-refractivity contribution in [3.8, 4) is 6.07 Å². The Balaban J connectivity index is 2.83. The van der Waals surface area contributed by atoms with E-state index in [0.29, 0.717) is 10.6 Å². The van der Waals surface area contributed by atoms with Crippen LogP contribution in [0.1, 0.15) is 33.3 Å². The van der Waals surface area contributed by atoms with Crippen LogP contribution in [0.15, 0.2) is 18.2 Å². The SMILES string of the molecule is CC(C)[C@@](C)(C#N)NC(=O)[C@@H](C)N(C)Cc1c(F)cccc1Cl. The maximum absolute atomic E-state index is 13.9. The van der Waals surface area contributed by atoms with Gasteiger partial charge in [-0.1, -0.05) is 31.5 Å². The highest BCUT2D eigenvalue weighted by Crippen LogP contribution is 2.21. The molecule has 1 rings (SSSR count). The Bertz CT molecular complexity index is 594. The van der Waals surface area contributed by atoms with Gasteiger partial charge < -0.3 is 5.32 Å². The molecule has 0 aliphatic carbocycles. The molecule has 1 N–H and O–H groups in total. The molecule has 0 bridgehead atoms. The normalized spacial score (nSPS) is 15.1. The molecule has 6 heteroatoms. The minimum absolute atomic E-state index is 0.0324. The maximum atomic E-state index is 13.9. The predicted molar refractivity (Wildman–Crippen MR) is 89.3 cm³/mol. The van der Waals surface area contributed by atoms with E-state index < -0.39 is 17.4 Å². The van der Waals surface area contributed by atoms with Crippen LogP contribution < -0.4 is 5.32 Å². The van der Waals surface area contributed by atoms with Crippen molar-refractivity contribution in [2.75, 3.05) is 7.05 Å². The first-order chi connectivity index (χ1) is 10.6. The Morgan fingerprint density at radius 2 is 2.09 bits per heavy atom. The van der Waals surface area contributed by atoms with E-state index >= 15 is 0 Å². The minimum Gasteiger partial charge on any atom is -0.336 e. The summed E-state index contributed by atoms with van der Waals surface area (Å²) in [4.78, 5) is 14.1. The molecule has 0 spiro atoms. The number of halogens is 2. The monoisotopic (exact) mass is 339 g/mol. The molecule has 2 atom stereocenters. The summed E-state index contributed by atoms with van der Waals surface area (Å²) < 4.78 is 13.9. The van der Waals surface area contributed by atoms with Crippen molar-refractivity contribution in [2.24, 2.45) is 5.92 Å². The zero-order valence-electron chi connectivity index (χ0n) is 14.2.